The van der Waals surface area contributed by atoms with E-state index in [9.17, 15) is 4.79 Å². The van der Waals surface area contributed by atoms with Gasteiger partial charge in [0, 0.05) is 29.7 Å². The van der Waals surface area contributed by atoms with E-state index < -0.39 is 0 Å². The summed E-state index contributed by atoms with van der Waals surface area (Å²) in [5, 5.41) is 7.55. The number of aromatic nitrogens is 4. The number of aryl methyl sites for hydroxylation is 1. The number of nitrogens with one attached hydrogen (secondary N) is 1. The number of hydrogen-bond acceptors (Lipinski definition) is 5. The molecule has 7 heteroatoms. The Morgan fingerprint density at radius 1 is 1.20 bits per heavy atom. The van der Waals surface area contributed by atoms with Gasteiger partial charge < -0.3 is 10.1 Å². The molecule has 4 rings (SSSR count). The van der Waals surface area contributed by atoms with Gasteiger partial charge >= 0.3 is 0 Å². The van der Waals surface area contributed by atoms with Gasteiger partial charge in [-0.05, 0) is 71.6 Å². The third-order valence-corrected chi connectivity index (χ3v) is 5.38. The first kappa shape index (κ1) is 20.5. The molecular formula is C23H29N5O2. The van der Waals surface area contributed by atoms with Crippen molar-refractivity contribution in [1.29, 1.82) is 0 Å². The fourth-order valence-electron chi connectivity index (χ4n) is 4.02. The normalized spacial score (nSPS) is 19.7. The zero-order valence-electron chi connectivity index (χ0n) is 18.1. The minimum Gasteiger partial charge on any atom is -0.373 e. The second-order valence-electron chi connectivity index (χ2n) is 9.00. The fourth-order valence-corrected chi connectivity index (χ4v) is 4.02. The SMILES string of the molecule is Cc1cc(-c2cccnc2)nc2c(C(=O)N[C@H]3CC[C@H](OC(C)(C)C)CC3)cnn12. The Balaban J connectivity index is 1.50. The molecule has 0 radical (unpaired) electrons. The van der Waals surface area contributed by atoms with Crippen molar-refractivity contribution in [3.63, 3.8) is 0 Å². The van der Waals surface area contributed by atoms with E-state index in [-0.39, 0.29) is 23.7 Å². The van der Waals surface area contributed by atoms with Gasteiger partial charge in [-0.15, -0.1) is 0 Å². The Kier molecular flexibility index (Phi) is 5.56. The highest BCUT2D eigenvalue weighted by Crippen LogP contribution is 2.26. The minimum absolute atomic E-state index is 0.125. The molecule has 0 bridgehead atoms. The molecule has 0 atom stereocenters. The van der Waals surface area contributed by atoms with Gasteiger partial charge in [-0.3, -0.25) is 9.78 Å². The second-order valence-corrected chi connectivity index (χ2v) is 9.00. The molecule has 0 aromatic carbocycles. The predicted molar refractivity (Wildman–Crippen MR) is 115 cm³/mol. The Morgan fingerprint density at radius 2 is 1.97 bits per heavy atom. The molecule has 3 heterocycles. The van der Waals surface area contributed by atoms with Crippen LogP contribution in [-0.2, 0) is 4.74 Å². The predicted octanol–water partition coefficient (Wildman–Crippen LogP) is 3.96. The summed E-state index contributed by atoms with van der Waals surface area (Å²) in [5.74, 6) is -0.125. The first-order chi connectivity index (χ1) is 14.3. The Morgan fingerprint density at radius 3 is 2.63 bits per heavy atom. The summed E-state index contributed by atoms with van der Waals surface area (Å²) in [6.07, 6.45) is 9.12. The maximum absolute atomic E-state index is 13.0. The average Bonchev–Trinajstić information content (AvgIpc) is 3.14. The van der Waals surface area contributed by atoms with Gasteiger partial charge in [-0.25, -0.2) is 9.50 Å². The molecular weight excluding hydrogens is 378 g/mol. The number of nitrogens with zero attached hydrogens (tertiary/aromatic N) is 4. The quantitative estimate of drug-likeness (QED) is 0.708. The van der Waals surface area contributed by atoms with Crippen LogP contribution < -0.4 is 5.32 Å². The molecule has 7 nitrogen and oxygen atoms in total. The van der Waals surface area contributed by atoms with E-state index in [0.717, 1.165) is 42.6 Å². The van der Waals surface area contributed by atoms with Crippen molar-refractivity contribution in [2.75, 3.05) is 0 Å². The van der Waals surface area contributed by atoms with E-state index in [1.54, 1.807) is 23.1 Å². The molecule has 3 aromatic heterocycles. The van der Waals surface area contributed by atoms with Gasteiger partial charge in [-0.1, -0.05) is 0 Å². The lowest BCUT2D eigenvalue weighted by atomic mass is 9.92. The number of fused-ring (bicyclic) bond motifs is 1. The zero-order chi connectivity index (χ0) is 21.3. The van der Waals surface area contributed by atoms with E-state index in [2.05, 4.69) is 36.2 Å². The highest BCUT2D eigenvalue weighted by atomic mass is 16.5. The van der Waals surface area contributed by atoms with E-state index in [1.165, 1.54) is 0 Å². The molecule has 0 spiro atoms. The summed E-state index contributed by atoms with van der Waals surface area (Å²) in [7, 11) is 0. The van der Waals surface area contributed by atoms with Crippen LogP contribution in [0.4, 0.5) is 0 Å². The van der Waals surface area contributed by atoms with E-state index in [4.69, 9.17) is 9.72 Å². The van der Waals surface area contributed by atoms with Crippen molar-refractivity contribution in [2.24, 2.45) is 0 Å². The molecule has 0 saturated heterocycles. The molecule has 1 amide bonds. The second kappa shape index (κ2) is 8.14. The van der Waals surface area contributed by atoms with Crippen LogP contribution in [-0.4, -0.2) is 43.2 Å². The summed E-state index contributed by atoms with van der Waals surface area (Å²) < 4.78 is 7.80. The largest absolute Gasteiger partial charge is 0.373 e. The average molecular weight is 408 g/mol. The Labute approximate surface area is 176 Å². The lowest BCUT2D eigenvalue weighted by molar-refractivity contribution is -0.0757. The first-order valence-electron chi connectivity index (χ1n) is 10.5. The third kappa shape index (κ3) is 4.51. The maximum atomic E-state index is 13.0. The highest BCUT2D eigenvalue weighted by molar-refractivity contribution is 6.00. The number of pyridine rings is 1. The Hall–Kier alpha value is -2.80. The molecule has 30 heavy (non-hydrogen) atoms. The van der Waals surface area contributed by atoms with Crippen LogP contribution in [0.1, 0.15) is 62.5 Å². The molecule has 0 unspecified atom stereocenters. The van der Waals surface area contributed by atoms with Crippen molar-refractivity contribution < 1.29 is 9.53 Å². The summed E-state index contributed by atoms with van der Waals surface area (Å²) in [6, 6.07) is 5.93. The summed E-state index contributed by atoms with van der Waals surface area (Å²) in [5.41, 5.74) is 3.54. The molecule has 158 valence electrons. The van der Waals surface area contributed by atoms with Crippen LogP contribution in [0.15, 0.2) is 36.8 Å². The topological polar surface area (TPSA) is 81.4 Å². The van der Waals surface area contributed by atoms with Crippen LogP contribution in [0.2, 0.25) is 0 Å². The molecule has 3 aromatic rings. The van der Waals surface area contributed by atoms with Crippen molar-refractivity contribution >= 4 is 11.6 Å². The van der Waals surface area contributed by atoms with Gasteiger partial charge in [0.15, 0.2) is 5.65 Å². The standard InChI is InChI=1S/C23H29N5O2/c1-15-12-20(16-6-5-11-24-13-16)27-21-19(14-25-28(15)21)22(29)26-17-7-9-18(10-8-17)30-23(2,3)4/h5-6,11-14,17-18H,7-10H2,1-4H3,(H,26,29)/t17-,18-. The summed E-state index contributed by atoms with van der Waals surface area (Å²) >= 11 is 0. The van der Waals surface area contributed by atoms with Gasteiger partial charge in [0.2, 0.25) is 0 Å². The van der Waals surface area contributed by atoms with E-state index in [1.807, 2.05) is 25.1 Å². The Bertz CT molecular complexity index is 1030. The monoisotopic (exact) mass is 407 g/mol. The third-order valence-electron chi connectivity index (χ3n) is 5.38. The number of carbonyl (C=O) groups is 1. The number of amides is 1. The number of hydrogen-bond donors (Lipinski definition) is 1. The lowest BCUT2D eigenvalue weighted by Gasteiger charge is -2.33. The van der Waals surface area contributed by atoms with Gasteiger partial charge in [-0.2, -0.15) is 5.10 Å². The van der Waals surface area contributed by atoms with Crippen molar-refractivity contribution in [1.82, 2.24) is 24.9 Å². The van der Waals surface area contributed by atoms with Crippen molar-refractivity contribution in [3.8, 4) is 11.3 Å². The van der Waals surface area contributed by atoms with Crippen LogP contribution >= 0.6 is 0 Å². The number of ether oxygens (including phenoxy) is 1. The highest BCUT2D eigenvalue weighted by Gasteiger charge is 2.27. The number of carbonyl (C=O) groups excluding carboxylic acids is 1. The van der Waals surface area contributed by atoms with Crippen LogP contribution in [0.25, 0.3) is 16.9 Å². The first-order valence-corrected chi connectivity index (χ1v) is 10.5. The molecule has 1 aliphatic rings. The van der Waals surface area contributed by atoms with Crippen LogP contribution in [0.5, 0.6) is 0 Å². The molecule has 1 fully saturated rings. The summed E-state index contributed by atoms with van der Waals surface area (Å²) in [6.45, 7) is 8.21. The van der Waals surface area contributed by atoms with Crippen LogP contribution in [0, 0.1) is 6.92 Å². The fraction of sp³-hybridized carbons (Fsp3) is 0.478. The van der Waals surface area contributed by atoms with Gasteiger partial charge in [0.05, 0.1) is 23.6 Å². The van der Waals surface area contributed by atoms with E-state index >= 15 is 0 Å². The minimum atomic E-state index is -0.132. The lowest BCUT2D eigenvalue weighted by Crippen LogP contribution is -2.40. The number of rotatable bonds is 4. The smallest absolute Gasteiger partial charge is 0.256 e. The molecule has 1 N–H and O–H groups in total. The van der Waals surface area contributed by atoms with Crippen molar-refractivity contribution in [3.05, 3.63) is 48.0 Å². The molecule has 1 saturated carbocycles. The van der Waals surface area contributed by atoms with E-state index in [0.29, 0.717) is 11.2 Å². The maximum Gasteiger partial charge on any atom is 0.256 e. The molecule has 0 aliphatic heterocycles. The van der Waals surface area contributed by atoms with Crippen molar-refractivity contribution in [2.45, 2.75) is 71.1 Å². The van der Waals surface area contributed by atoms with Gasteiger partial charge in [0.1, 0.15) is 5.56 Å². The summed E-state index contributed by atoms with van der Waals surface area (Å²) in [4.78, 5) is 21.9. The zero-order valence-corrected chi connectivity index (χ0v) is 18.1. The van der Waals surface area contributed by atoms with Gasteiger partial charge in [0.25, 0.3) is 5.91 Å². The molecule has 1 aliphatic carbocycles. The van der Waals surface area contributed by atoms with Crippen LogP contribution in [0.3, 0.4) is 0 Å².